The van der Waals surface area contributed by atoms with Crippen molar-refractivity contribution in [2.75, 3.05) is 12.4 Å². The molecular weight excluding hydrogens is 310 g/mol. The van der Waals surface area contributed by atoms with Gasteiger partial charge in [0, 0.05) is 11.8 Å². The number of nitrogens with one attached hydrogen (secondary N) is 1. The molecule has 0 bridgehead atoms. The van der Waals surface area contributed by atoms with Crippen molar-refractivity contribution in [2.24, 2.45) is 0 Å². The van der Waals surface area contributed by atoms with Crippen LogP contribution >= 0.6 is 0 Å². The highest BCUT2D eigenvalue weighted by atomic mass is 16.5. The Hall–Kier alpha value is -3.35. The minimum atomic E-state index is -0.366. The number of rotatable bonds is 5. The molecule has 2 aromatic heterocycles. The van der Waals surface area contributed by atoms with Gasteiger partial charge in [0.25, 0.3) is 5.56 Å². The lowest BCUT2D eigenvalue weighted by molar-refractivity contribution is -0.117. The molecule has 7 heteroatoms. The summed E-state index contributed by atoms with van der Waals surface area (Å²) in [4.78, 5) is 24.0. The zero-order valence-corrected chi connectivity index (χ0v) is 12.9. The van der Waals surface area contributed by atoms with Crippen LogP contribution in [0.1, 0.15) is 0 Å². The molecule has 3 rings (SSSR count). The Morgan fingerprint density at radius 3 is 2.67 bits per heavy atom. The first-order valence-electron chi connectivity index (χ1n) is 7.21. The lowest BCUT2D eigenvalue weighted by Crippen LogP contribution is -2.29. The molecule has 1 aromatic carbocycles. The number of hydrogen-bond donors (Lipinski definition) is 1. The lowest BCUT2D eigenvalue weighted by Gasteiger charge is -2.08. The molecule has 122 valence electrons. The zero-order valence-electron chi connectivity index (χ0n) is 12.9. The fourth-order valence-electron chi connectivity index (χ4n) is 2.13. The minimum absolute atomic E-state index is 0.195. The summed E-state index contributed by atoms with van der Waals surface area (Å²) in [6, 6.07) is 13.3. The number of hydrogen-bond acceptors (Lipinski definition) is 5. The number of ether oxygens (including phenoxy) is 1. The van der Waals surface area contributed by atoms with Crippen LogP contribution in [-0.2, 0) is 11.3 Å². The molecule has 0 fully saturated rings. The van der Waals surface area contributed by atoms with Crippen LogP contribution in [0.15, 0.2) is 64.0 Å². The van der Waals surface area contributed by atoms with Crippen LogP contribution in [0.25, 0.3) is 11.5 Å². The van der Waals surface area contributed by atoms with Crippen molar-refractivity contribution in [3.8, 4) is 17.2 Å². The Bertz CT molecular complexity index is 883. The SMILES string of the molecule is COc1ccc(NC(=O)Cn2nc(-c3ccco3)ccc2=O)cc1. The van der Waals surface area contributed by atoms with E-state index in [1.807, 2.05) is 0 Å². The quantitative estimate of drug-likeness (QED) is 0.777. The summed E-state index contributed by atoms with van der Waals surface area (Å²) in [6.07, 6.45) is 1.52. The van der Waals surface area contributed by atoms with E-state index in [4.69, 9.17) is 9.15 Å². The van der Waals surface area contributed by atoms with E-state index in [2.05, 4.69) is 10.4 Å². The van der Waals surface area contributed by atoms with Gasteiger partial charge in [0.05, 0.1) is 13.4 Å². The molecule has 0 radical (unpaired) electrons. The van der Waals surface area contributed by atoms with Crippen molar-refractivity contribution < 1.29 is 13.9 Å². The van der Waals surface area contributed by atoms with E-state index in [1.54, 1.807) is 49.6 Å². The van der Waals surface area contributed by atoms with Gasteiger partial charge in [-0.1, -0.05) is 0 Å². The molecule has 0 aliphatic carbocycles. The van der Waals surface area contributed by atoms with Crippen molar-refractivity contribution in [3.05, 3.63) is 65.1 Å². The van der Waals surface area contributed by atoms with E-state index >= 15 is 0 Å². The van der Waals surface area contributed by atoms with Gasteiger partial charge in [-0.15, -0.1) is 0 Å². The van der Waals surface area contributed by atoms with Crippen LogP contribution in [0, 0.1) is 0 Å². The molecule has 1 amide bonds. The second kappa shape index (κ2) is 6.82. The molecule has 0 saturated heterocycles. The fraction of sp³-hybridized carbons (Fsp3) is 0.118. The van der Waals surface area contributed by atoms with Crippen molar-refractivity contribution >= 4 is 11.6 Å². The van der Waals surface area contributed by atoms with Gasteiger partial charge < -0.3 is 14.5 Å². The van der Waals surface area contributed by atoms with E-state index in [9.17, 15) is 9.59 Å². The summed E-state index contributed by atoms with van der Waals surface area (Å²) in [5.41, 5.74) is 0.725. The van der Waals surface area contributed by atoms with Crippen LogP contribution in [-0.4, -0.2) is 22.8 Å². The number of amides is 1. The number of nitrogens with zero attached hydrogens (tertiary/aromatic N) is 2. The highest BCUT2D eigenvalue weighted by Crippen LogP contribution is 2.16. The summed E-state index contributed by atoms with van der Waals surface area (Å²) in [7, 11) is 1.57. The average molecular weight is 325 g/mol. The van der Waals surface area contributed by atoms with Gasteiger partial charge in [0.2, 0.25) is 5.91 Å². The van der Waals surface area contributed by atoms with Gasteiger partial charge in [-0.05, 0) is 42.5 Å². The van der Waals surface area contributed by atoms with Crippen LogP contribution in [0.4, 0.5) is 5.69 Å². The predicted molar refractivity (Wildman–Crippen MR) is 87.8 cm³/mol. The van der Waals surface area contributed by atoms with Crippen molar-refractivity contribution in [1.82, 2.24) is 9.78 Å². The molecule has 24 heavy (non-hydrogen) atoms. The number of furan rings is 1. The van der Waals surface area contributed by atoms with Crippen LogP contribution in [0.5, 0.6) is 5.75 Å². The summed E-state index contributed by atoms with van der Waals surface area (Å²) in [6.45, 7) is -0.195. The highest BCUT2D eigenvalue weighted by Gasteiger charge is 2.09. The first-order chi connectivity index (χ1) is 11.7. The Kier molecular flexibility index (Phi) is 4.42. The Morgan fingerprint density at radius 1 is 1.21 bits per heavy atom. The number of anilines is 1. The number of aromatic nitrogens is 2. The van der Waals surface area contributed by atoms with Gasteiger partial charge >= 0.3 is 0 Å². The highest BCUT2D eigenvalue weighted by molar-refractivity contribution is 5.90. The van der Waals surface area contributed by atoms with Crippen LogP contribution < -0.4 is 15.6 Å². The maximum atomic E-state index is 12.1. The fourth-order valence-corrected chi connectivity index (χ4v) is 2.13. The molecule has 0 atom stereocenters. The first kappa shape index (κ1) is 15.5. The van der Waals surface area contributed by atoms with Gasteiger partial charge in [0.1, 0.15) is 18.0 Å². The third kappa shape index (κ3) is 3.52. The molecule has 0 spiro atoms. The normalized spacial score (nSPS) is 10.4. The third-order valence-corrected chi connectivity index (χ3v) is 3.31. The topological polar surface area (TPSA) is 86.4 Å². The smallest absolute Gasteiger partial charge is 0.267 e. The minimum Gasteiger partial charge on any atom is -0.497 e. The Labute approximate surface area is 137 Å². The predicted octanol–water partition coefficient (Wildman–Crippen LogP) is 2.15. The lowest BCUT2D eigenvalue weighted by atomic mass is 10.3. The monoisotopic (exact) mass is 325 g/mol. The summed E-state index contributed by atoms with van der Waals surface area (Å²) in [5, 5.41) is 6.86. The summed E-state index contributed by atoms with van der Waals surface area (Å²) < 4.78 is 11.4. The molecule has 3 aromatic rings. The molecular formula is C17H15N3O4. The molecule has 1 N–H and O–H groups in total. The van der Waals surface area contributed by atoms with E-state index in [0.717, 1.165) is 4.68 Å². The van der Waals surface area contributed by atoms with Crippen LogP contribution in [0.2, 0.25) is 0 Å². The van der Waals surface area contributed by atoms with Crippen molar-refractivity contribution in [1.29, 1.82) is 0 Å². The molecule has 0 saturated carbocycles. The molecule has 0 unspecified atom stereocenters. The Morgan fingerprint density at radius 2 is 2.00 bits per heavy atom. The first-order valence-corrected chi connectivity index (χ1v) is 7.21. The van der Waals surface area contributed by atoms with Gasteiger partial charge in [-0.3, -0.25) is 9.59 Å². The average Bonchev–Trinajstić information content (AvgIpc) is 3.12. The zero-order chi connectivity index (χ0) is 16.9. The second-order valence-electron chi connectivity index (χ2n) is 4.97. The van der Waals surface area contributed by atoms with Crippen LogP contribution in [0.3, 0.4) is 0 Å². The van der Waals surface area contributed by atoms with E-state index < -0.39 is 0 Å². The summed E-state index contributed by atoms with van der Waals surface area (Å²) >= 11 is 0. The number of benzene rings is 1. The molecule has 2 heterocycles. The second-order valence-corrected chi connectivity index (χ2v) is 4.97. The van der Waals surface area contributed by atoms with Crippen molar-refractivity contribution in [3.63, 3.8) is 0 Å². The number of methoxy groups -OCH3 is 1. The number of carbonyl (C=O) groups excluding carboxylic acids is 1. The maximum absolute atomic E-state index is 12.1. The third-order valence-electron chi connectivity index (χ3n) is 3.31. The summed E-state index contributed by atoms with van der Waals surface area (Å²) in [5.74, 6) is 0.864. The maximum Gasteiger partial charge on any atom is 0.267 e. The Balaban J connectivity index is 1.73. The van der Waals surface area contributed by atoms with E-state index in [0.29, 0.717) is 22.9 Å². The molecule has 7 nitrogen and oxygen atoms in total. The molecule has 0 aliphatic heterocycles. The standard InChI is InChI=1S/C17H15N3O4/c1-23-13-6-4-12(5-7-13)18-16(21)11-20-17(22)9-8-14(19-20)15-3-2-10-24-15/h2-10H,11H2,1H3,(H,18,21). The van der Waals surface area contributed by atoms with Gasteiger partial charge in [-0.25, -0.2) is 4.68 Å². The van der Waals surface area contributed by atoms with E-state index in [1.165, 1.54) is 12.3 Å². The molecule has 0 aliphatic rings. The largest absolute Gasteiger partial charge is 0.497 e. The van der Waals surface area contributed by atoms with Gasteiger partial charge in [0.15, 0.2) is 5.76 Å². The van der Waals surface area contributed by atoms with Crippen molar-refractivity contribution in [2.45, 2.75) is 6.54 Å². The van der Waals surface area contributed by atoms with E-state index in [-0.39, 0.29) is 18.0 Å². The van der Waals surface area contributed by atoms with Gasteiger partial charge in [-0.2, -0.15) is 5.10 Å². The number of carbonyl (C=O) groups is 1.